The fourth-order valence-electron chi connectivity index (χ4n) is 2.92. The fraction of sp³-hybridized carbons (Fsp3) is 0.368. The van der Waals surface area contributed by atoms with Crippen molar-refractivity contribution in [2.45, 2.75) is 13.0 Å². The number of nitrogens with zero attached hydrogens (tertiary/aromatic N) is 2. The van der Waals surface area contributed by atoms with Crippen LogP contribution in [0, 0.1) is 6.57 Å². The van der Waals surface area contributed by atoms with Crippen LogP contribution in [0.4, 0.5) is 10.7 Å². The van der Waals surface area contributed by atoms with Crippen molar-refractivity contribution >= 4 is 51.1 Å². The van der Waals surface area contributed by atoms with Crippen LogP contribution in [-0.2, 0) is 4.74 Å². The molecule has 1 aromatic heterocycles. The minimum Gasteiger partial charge on any atom is -0.392 e. The molecule has 1 aliphatic rings. The van der Waals surface area contributed by atoms with Crippen molar-refractivity contribution in [3.63, 3.8) is 0 Å². The van der Waals surface area contributed by atoms with Gasteiger partial charge in [-0.3, -0.25) is 4.79 Å². The second-order valence-corrected chi connectivity index (χ2v) is 8.20. The normalized spacial score (nSPS) is 15.2. The van der Waals surface area contributed by atoms with E-state index in [1.165, 1.54) is 11.3 Å². The van der Waals surface area contributed by atoms with E-state index < -0.39 is 6.10 Å². The number of ether oxygens (including phenoxy) is 1. The summed E-state index contributed by atoms with van der Waals surface area (Å²) in [6.45, 7) is 11.9. The lowest BCUT2D eigenvalue weighted by Crippen LogP contribution is -2.35. The predicted octanol–water partition coefficient (Wildman–Crippen LogP) is 4.22. The smallest absolute Gasteiger partial charge is 0.260 e. The van der Waals surface area contributed by atoms with Crippen LogP contribution in [0.1, 0.15) is 16.6 Å². The van der Waals surface area contributed by atoms with Crippen molar-refractivity contribution in [2.75, 3.05) is 37.7 Å². The third kappa shape index (κ3) is 4.43. The highest BCUT2D eigenvalue weighted by Crippen LogP contribution is 2.50. The number of carbonyl (C=O) groups excluding carboxylic acids is 1. The summed E-state index contributed by atoms with van der Waals surface area (Å²) < 4.78 is 5.40. The van der Waals surface area contributed by atoms with E-state index in [0.717, 1.165) is 5.00 Å². The summed E-state index contributed by atoms with van der Waals surface area (Å²) in [5.41, 5.74) is 1.46. The minimum atomic E-state index is -0.675. The van der Waals surface area contributed by atoms with E-state index in [2.05, 4.69) is 15.1 Å². The van der Waals surface area contributed by atoms with Crippen LogP contribution >= 0.6 is 34.5 Å². The predicted molar refractivity (Wildman–Crippen MR) is 113 cm³/mol. The molecule has 0 bridgehead atoms. The molecule has 148 valence electrons. The Balaban J connectivity index is 2.14. The maximum absolute atomic E-state index is 12.9. The molecule has 1 aliphatic heterocycles. The Morgan fingerprint density at radius 3 is 2.75 bits per heavy atom. The number of hydrogen-bond acceptors (Lipinski definition) is 5. The molecule has 1 amide bonds. The first-order chi connectivity index (χ1) is 13.4. The molecule has 1 fully saturated rings. The average molecular weight is 440 g/mol. The Labute approximate surface area is 177 Å². The summed E-state index contributed by atoms with van der Waals surface area (Å²) >= 11 is 13.7. The number of morpholine rings is 1. The number of hydrogen-bond donors (Lipinski definition) is 2. The summed E-state index contributed by atoms with van der Waals surface area (Å²) in [5, 5.41) is 13.8. The van der Waals surface area contributed by atoms with E-state index in [1.54, 1.807) is 25.1 Å². The lowest BCUT2D eigenvalue weighted by atomic mass is 10.0. The summed E-state index contributed by atoms with van der Waals surface area (Å²) in [5.74, 6) is -0.351. The zero-order chi connectivity index (χ0) is 20.3. The van der Waals surface area contributed by atoms with E-state index in [-0.39, 0.29) is 12.5 Å². The third-order valence-electron chi connectivity index (χ3n) is 4.24. The van der Waals surface area contributed by atoms with E-state index in [1.807, 2.05) is 0 Å². The summed E-state index contributed by atoms with van der Waals surface area (Å²) in [7, 11) is 0. The quantitative estimate of drug-likeness (QED) is 0.684. The summed E-state index contributed by atoms with van der Waals surface area (Å²) in [4.78, 5) is 19.0. The van der Waals surface area contributed by atoms with Gasteiger partial charge in [-0.1, -0.05) is 29.3 Å². The second kappa shape index (κ2) is 9.12. The zero-order valence-electron chi connectivity index (χ0n) is 15.2. The fourth-order valence-corrected chi connectivity index (χ4v) is 4.64. The molecule has 2 aromatic rings. The second-order valence-electron chi connectivity index (χ2n) is 6.35. The molecular formula is C19H19Cl2N3O3S. The molecule has 1 atom stereocenters. The number of carbonyl (C=O) groups is 1. The maximum Gasteiger partial charge on any atom is 0.260 e. The average Bonchev–Trinajstić information content (AvgIpc) is 3.06. The number of rotatable bonds is 5. The molecule has 2 heterocycles. The van der Waals surface area contributed by atoms with Crippen molar-refractivity contribution in [2.24, 2.45) is 0 Å². The SMILES string of the molecule is [C-]#[N+]c1c(N2CCOCC2)sc(C(=O)NC[C@H](C)O)c1-c1ccc(Cl)cc1Cl. The molecule has 1 aromatic carbocycles. The summed E-state index contributed by atoms with van der Waals surface area (Å²) in [6, 6.07) is 4.99. The molecule has 0 unspecified atom stereocenters. The number of anilines is 1. The lowest BCUT2D eigenvalue weighted by Gasteiger charge is -2.28. The van der Waals surface area contributed by atoms with Crippen LogP contribution in [0.2, 0.25) is 10.0 Å². The molecule has 0 spiro atoms. The van der Waals surface area contributed by atoms with Crippen molar-refractivity contribution in [3.05, 3.63) is 44.5 Å². The summed E-state index contributed by atoms with van der Waals surface area (Å²) in [6.07, 6.45) is -0.675. The van der Waals surface area contributed by atoms with Gasteiger partial charge in [0.2, 0.25) is 5.69 Å². The number of benzene rings is 1. The first-order valence-corrected chi connectivity index (χ1v) is 10.3. The number of nitrogens with one attached hydrogen (secondary N) is 1. The van der Waals surface area contributed by atoms with Gasteiger partial charge in [0.15, 0.2) is 0 Å². The Morgan fingerprint density at radius 2 is 2.14 bits per heavy atom. The first kappa shape index (κ1) is 20.9. The minimum absolute atomic E-state index is 0.116. The molecule has 6 nitrogen and oxygen atoms in total. The van der Waals surface area contributed by atoms with Gasteiger partial charge in [-0.25, -0.2) is 4.85 Å². The van der Waals surface area contributed by atoms with E-state index in [0.29, 0.717) is 58.0 Å². The number of aliphatic hydroxyl groups is 1. The Morgan fingerprint density at radius 1 is 1.43 bits per heavy atom. The largest absolute Gasteiger partial charge is 0.392 e. The topological polar surface area (TPSA) is 66.2 Å². The molecule has 0 aliphatic carbocycles. The Kier molecular flexibility index (Phi) is 6.81. The van der Waals surface area contributed by atoms with Gasteiger partial charge >= 0.3 is 0 Å². The van der Waals surface area contributed by atoms with Gasteiger partial charge in [0.05, 0.1) is 35.8 Å². The van der Waals surface area contributed by atoms with Gasteiger partial charge in [-0.15, -0.1) is 11.3 Å². The number of aliphatic hydroxyl groups excluding tert-OH is 1. The molecule has 28 heavy (non-hydrogen) atoms. The number of thiophene rings is 1. The first-order valence-electron chi connectivity index (χ1n) is 8.71. The highest BCUT2D eigenvalue weighted by molar-refractivity contribution is 7.19. The highest BCUT2D eigenvalue weighted by atomic mass is 35.5. The molecule has 1 saturated heterocycles. The van der Waals surface area contributed by atoms with Crippen molar-refractivity contribution < 1.29 is 14.6 Å². The van der Waals surface area contributed by atoms with Gasteiger partial charge < -0.3 is 20.1 Å². The lowest BCUT2D eigenvalue weighted by molar-refractivity contribution is 0.0928. The van der Waals surface area contributed by atoms with Gasteiger partial charge in [0.25, 0.3) is 5.91 Å². The monoisotopic (exact) mass is 439 g/mol. The van der Waals surface area contributed by atoms with E-state index in [4.69, 9.17) is 34.5 Å². The molecule has 0 saturated carbocycles. The molecule has 0 radical (unpaired) electrons. The van der Waals surface area contributed by atoms with E-state index in [9.17, 15) is 9.90 Å². The van der Waals surface area contributed by atoms with Crippen LogP contribution in [0.3, 0.4) is 0 Å². The number of amides is 1. The maximum atomic E-state index is 12.9. The van der Waals surface area contributed by atoms with Crippen molar-refractivity contribution in [1.29, 1.82) is 0 Å². The standard InChI is InChI=1S/C19H19Cl2N3O3S/c1-11(25)10-23-18(26)17-15(13-4-3-12(20)9-14(13)21)16(22-2)19(28-17)24-5-7-27-8-6-24/h3-4,9,11,25H,5-8,10H2,1H3,(H,23,26)/t11-/m0/s1. The molecule has 2 N–H and O–H groups in total. The molecule has 9 heteroatoms. The van der Waals surface area contributed by atoms with Crippen molar-refractivity contribution in [1.82, 2.24) is 5.32 Å². The van der Waals surface area contributed by atoms with Crippen LogP contribution in [0.5, 0.6) is 0 Å². The van der Waals surface area contributed by atoms with Crippen LogP contribution < -0.4 is 10.2 Å². The Hall–Kier alpha value is -1.82. The van der Waals surface area contributed by atoms with Crippen LogP contribution in [0.15, 0.2) is 18.2 Å². The van der Waals surface area contributed by atoms with Gasteiger partial charge in [0.1, 0.15) is 0 Å². The van der Waals surface area contributed by atoms with Crippen molar-refractivity contribution in [3.8, 4) is 11.1 Å². The highest BCUT2D eigenvalue weighted by Gasteiger charge is 2.29. The zero-order valence-corrected chi connectivity index (χ0v) is 17.5. The third-order valence-corrected chi connectivity index (χ3v) is 6.03. The van der Waals surface area contributed by atoms with Gasteiger partial charge in [-0.2, -0.15) is 0 Å². The Bertz CT molecular complexity index is 918. The van der Waals surface area contributed by atoms with Crippen LogP contribution in [-0.4, -0.2) is 50.0 Å². The molecular weight excluding hydrogens is 421 g/mol. The van der Waals surface area contributed by atoms with E-state index >= 15 is 0 Å². The van der Waals surface area contributed by atoms with Gasteiger partial charge in [-0.05, 0) is 24.6 Å². The van der Waals surface area contributed by atoms with Crippen LogP contribution in [0.25, 0.3) is 16.0 Å². The van der Waals surface area contributed by atoms with Gasteiger partial charge in [0, 0.05) is 35.2 Å². The molecule has 3 rings (SSSR count). The number of halogens is 2.